The van der Waals surface area contributed by atoms with E-state index in [9.17, 15) is 9.59 Å². The first-order valence-corrected chi connectivity index (χ1v) is 10.2. The number of hydrogen-bond acceptors (Lipinski definition) is 4. The number of fused-ring (bicyclic) bond motifs is 1. The molecule has 2 aromatic heterocycles. The van der Waals surface area contributed by atoms with Crippen LogP contribution in [0.1, 0.15) is 24.6 Å². The van der Waals surface area contributed by atoms with Crippen LogP contribution in [0.4, 0.5) is 0 Å². The molecule has 1 aliphatic rings. The summed E-state index contributed by atoms with van der Waals surface area (Å²) < 4.78 is 1.46. The minimum absolute atomic E-state index is 0.00184. The van der Waals surface area contributed by atoms with Gasteiger partial charge < -0.3 is 4.90 Å². The zero-order valence-electron chi connectivity index (χ0n) is 15.6. The number of aryl methyl sites for hydroxylation is 1. The summed E-state index contributed by atoms with van der Waals surface area (Å²) in [6.07, 6.45) is 3.70. The Morgan fingerprint density at radius 2 is 2.07 bits per heavy atom. The van der Waals surface area contributed by atoms with Crippen LogP contribution >= 0.6 is 11.3 Å². The molecule has 1 aromatic carbocycles. The lowest BCUT2D eigenvalue weighted by molar-refractivity contribution is -0.133. The first kappa shape index (κ1) is 17.9. The van der Waals surface area contributed by atoms with E-state index in [1.807, 2.05) is 42.2 Å². The van der Waals surface area contributed by atoms with Gasteiger partial charge in [-0.3, -0.25) is 14.2 Å². The topological polar surface area (TPSA) is 55.2 Å². The predicted octanol–water partition coefficient (Wildman–Crippen LogP) is 3.69. The number of hydrogen-bond donors (Lipinski definition) is 0. The lowest BCUT2D eigenvalue weighted by Crippen LogP contribution is -2.42. The third-order valence-corrected chi connectivity index (χ3v) is 6.25. The Hall–Kier alpha value is -2.47. The van der Waals surface area contributed by atoms with Gasteiger partial charge in [-0.2, -0.15) is 0 Å². The van der Waals surface area contributed by atoms with Crippen LogP contribution in [0.3, 0.4) is 0 Å². The number of carbonyl (C=O) groups excluding carboxylic acids is 1. The Morgan fingerprint density at radius 1 is 1.30 bits per heavy atom. The third-order valence-electron chi connectivity index (χ3n) is 5.23. The number of rotatable bonds is 3. The van der Waals surface area contributed by atoms with Crippen molar-refractivity contribution in [3.8, 4) is 11.1 Å². The van der Waals surface area contributed by atoms with Gasteiger partial charge in [0, 0.05) is 23.5 Å². The van der Waals surface area contributed by atoms with Gasteiger partial charge in [0.05, 0.1) is 11.7 Å². The Labute approximate surface area is 162 Å². The van der Waals surface area contributed by atoms with Gasteiger partial charge in [0.25, 0.3) is 5.56 Å². The average molecular weight is 382 g/mol. The fourth-order valence-corrected chi connectivity index (χ4v) is 4.87. The molecule has 0 radical (unpaired) electrons. The summed E-state index contributed by atoms with van der Waals surface area (Å²) in [5.74, 6) is 0.516. The highest BCUT2D eigenvalue weighted by atomic mass is 32.1. The highest BCUT2D eigenvalue weighted by Gasteiger charge is 2.22. The largest absolute Gasteiger partial charge is 0.341 e. The van der Waals surface area contributed by atoms with Crippen molar-refractivity contribution in [3.05, 3.63) is 51.9 Å². The summed E-state index contributed by atoms with van der Waals surface area (Å²) in [6, 6.07) is 9.90. The van der Waals surface area contributed by atoms with Gasteiger partial charge >= 0.3 is 0 Å². The Kier molecular flexibility index (Phi) is 4.83. The van der Waals surface area contributed by atoms with Crippen molar-refractivity contribution in [2.45, 2.75) is 33.2 Å². The summed E-state index contributed by atoms with van der Waals surface area (Å²) in [5, 5.41) is 0.617. The first-order valence-electron chi connectivity index (χ1n) is 9.36. The molecule has 4 rings (SSSR count). The van der Waals surface area contributed by atoms with Crippen molar-refractivity contribution in [2.75, 3.05) is 13.1 Å². The molecular formula is C21H23N3O2S. The molecule has 3 aromatic rings. The fraction of sp³-hybridized carbons (Fsp3) is 0.381. The van der Waals surface area contributed by atoms with Crippen molar-refractivity contribution in [1.82, 2.24) is 14.5 Å². The van der Waals surface area contributed by atoms with Gasteiger partial charge in [-0.25, -0.2) is 4.98 Å². The maximum Gasteiger partial charge on any atom is 0.263 e. The average Bonchev–Trinajstić information content (AvgIpc) is 3.01. The molecule has 1 atom stereocenters. The lowest BCUT2D eigenvalue weighted by atomic mass is 10.0. The number of amides is 1. The van der Waals surface area contributed by atoms with Crippen molar-refractivity contribution >= 4 is 27.5 Å². The second-order valence-corrected chi connectivity index (χ2v) is 8.55. The van der Waals surface area contributed by atoms with E-state index in [0.717, 1.165) is 46.8 Å². The summed E-state index contributed by atoms with van der Waals surface area (Å²) in [4.78, 5) is 34.0. The van der Waals surface area contributed by atoms with Gasteiger partial charge in [0.2, 0.25) is 5.91 Å². The Morgan fingerprint density at radius 3 is 2.81 bits per heavy atom. The molecule has 6 heteroatoms. The van der Waals surface area contributed by atoms with Gasteiger partial charge in [0.15, 0.2) is 0 Å². The highest BCUT2D eigenvalue weighted by molar-refractivity contribution is 7.19. The summed E-state index contributed by atoms with van der Waals surface area (Å²) in [6.45, 7) is 5.78. The van der Waals surface area contributed by atoms with Gasteiger partial charge in [0.1, 0.15) is 11.4 Å². The quantitative estimate of drug-likeness (QED) is 0.695. The molecule has 1 amide bonds. The predicted molar refractivity (Wildman–Crippen MR) is 109 cm³/mol. The summed E-state index contributed by atoms with van der Waals surface area (Å²) in [7, 11) is 0. The van der Waals surface area contributed by atoms with Crippen molar-refractivity contribution in [1.29, 1.82) is 0 Å². The zero-order chi connectivity index (χ0) is 19.0. The molecular weight excluding hydrogens is 358 g/mol. The summed E-state index contributed by atoms with van der Waals surface area (Å²) >= 11 is 1.52. The third kappa shape index (κ3) is 3.41. The van der Waals surface area contributed by atoms with E-state index in [-0.39, 0.29) is 18.0 Å². The number of nitrogens with zero attached hydrogens (tertiary/aromatic N) is 3. The number of piperidine rings is 1. The monoisotopic (exact) mass is 381 g/mol. The normalized spacial score (nSPS) is 17.4. The fourth-order valence-electron chi connectivity index (χ4n) is 3.86. The zero-order valence-corrected chi connectivity index (χ0v) is 16.5. The highest BCUT2D eigenvalue weighted by Crippen LogP contribution is 2.35. The molecule has 0 spiro atoms. The molecule has 1 aliphatic heterocycles. The molecule has 0 saturated carbocycles. The Balaban J connectivity index is 1.72. The van der Waals surface area contributed by atoms with E-state index in [4.69, 9.17) is 0 Å². The maximum absolute atomic E-state index is 13.2. The molecule has 1 unspecified atom stereocenters. The van der Waals surface area contributed by atoms with Crippen LogP contribution in [-0.4, -0.2) is 33.4 Å². The van der Waals surface area contributed by atoms with Crippen molar-refractivity contribution < 1.29 is 4.79 Å². The van der Waals surface area contributed by atoms with Crippen molar-refractivity contribution in [3.63, 3.8) is 0 Å². The van der Waals surface area contributed by atoms with E-state index in [2.05, 4.69) is 11.9 Å². The van der Waals surface area contributed by atoms with Crippen LogP contribution in [0.5, 0.6) is 0 Å². The molecule has 1 fully saturated rings. The van der Waals surface area contributed by atoms with Crippen LogP contribution < -0.4 is 5.56 Å². The molecule has 3 heterocycles. The van der Waals surface area contributed by atoms with Crippen LogP contribution in [-0.2, 0) is 11.3 Å². The molecule has 0 N–H and O–H groups in total. The standard InChI is InChI=1S/C21H23N3O2S/c1-14-7-6-10-23(11-14)17(25)12-24-13-22-20-19(21(24)26)18(15(2)27-20)16-8-4-3-5-9-16/h3-5,8-9,13-14H,6-7,10-12H2,1-2H3. The SMILES string of the molecule is Cc1sc2ncn(CC(=O)N3CCCC(C)C3)c(=O)c2c1-c1ccccc1. The molecule has 0 aliphatic carbocycles. The number of aromatic nitrogens is 2. The van der Waals surface area contributed by atoms with Crippen molar-refractivity contribution in [2.24, 2.45) is 5.92 Å². The number of thiophene rings is 1. The molecule has 1 saturated heterocycles. The maximum atomic E-state index is 13.2. The molecule has 140 valence electrons. The lowest BCUT2D eigenvalue weighted by Gasteiger charge is -2.31. The smallest absolute Gasteiger partial charge is 0.263 e. The van der Waals surface area contributed by atoms with Gasteiger partial charge in [-0.15, -0.1) is 11.3 Å². The van der Waals surface area contributed by atoms with Gasteiger partial charge in [-0.1, -0.05) is 37.3 Å². The number of benzene rings is 1. The summed E-state index contributed by atoms with van der Waals surface area (Å²) in [5.41, 5.74) is 1.80. The van der Waals surface area contributed by atoms with Crippen LogP contribution in [0.25, 0.3) is 21.3 Å². The minimum atomic E-state index is -0.137. The van der Waals surface area contributed by atoms with E-state index >= 15 is 0 Å². The van der Waals surface area contributed by atoms with Crippen LogP contribution in [0.2, 0.25) is 0 Å². The minimum Gasteiger partial charge on any atom is -0.341 e. The van der Waals surface area contributed by atoms with E-state index < -0.39 is 0 Å². The number of carbonyl (C=O) groups is 1. The molecule has 5 nitrogen and oxygen atoms in total. The van der Waals surface area contributed by atoms with Gasteiger partial charge in [-0.05, 0) is 31.2 Å². The Bertz CT molecular complexity index is 1040. The second kappa shape index (κ2) is 7.27. The second-order valence-electron chi connectivity index (χ2n) is 7.34. The van der Waals surface area contributed by atoms with E-state index in [1.54, 1.807) is 0 Å². The molecule has 0 bridgehead atoms. The van der Waals surface area contributed by atoms with Crippen LogP contribution in [0, 0.1) is 12.8 Å². The van der Waals surface area contributed by atoms with Crippen LogP contribution in [0.15, 0.2) is 41.5 Å². The molecule has 27 heavy (non-hydrogen) atoms. The first-order chi connectivity index (χ1) is 13.0. The van der Waals surface area contributed by atoms with E-state index in [1.165, 1.54) is 22.2 Å². The van der Waals surface area contributed by atoms with E-state index in [0.29, 0.717) is 11.3 Å². The number of likely N-dealkylation sites (tertiary alicyclic amines) is 1.